The van der Waals surface area contributed by atoms with E-state index in [0.717, 1.165) is 34.5 Å². The maximum Gasteiger partial charge on any atom is 0.250 e. The van der Waals surface area contributed by atoms with Crippen LogP contribution in [0.5, 0.6) is 0 Å². The van der Waals surface area contributed by atoms with Gasteiger partial charge in [0.2, 0.25) is 0 Å². The van der Waals surface area contributed by atoms with Crippen LogP contribution in [0.1, 0.15) is 30.9 Å². The molecule has 6 heteroatoms. The van der Waals surface area contributed by atoms with Crippen LogP contribution in [0.2, 0.25) is 0 Å². The lowest BCUT2D eigenvalue weighted by atomic mass is 9.79. The summed E-state index contributed by atoms with van der Waals surface area (Å²) in [6.07, 6.45) is 6.07. The molecule has 1 aromatic carbocycles. The predicted molar refractivity (Wildman–Crippen MR) is 109 cm³/mol. The van der Waals surface area contributed by atoms with Crippen molar-refractivity contribution < 1.29 is 4.79 Å². The summed E-state index contributed by atoms with van der Waals surface area (Å²) in [4.78, 5) is 16.4. The van der Waals surface area contributed by atoms with E-state index in [9.17, 15) is 4.79 Å². The van der Waals surface area contributed by atoms with Gasteiger partial charge in [-0.2, -0.15) is 5.10 Å². The largest absolute Gasteiger partial charge is 0.338 e. The van der Waals surface area contributed by atoms with Crippen LogP contribution < -0.4 is 0 Å². The van der Waals surface area contributed by atoms with Crippen LogP contribution in [-0.4, -0.2) is 39.4 Å². The van der Waals surface area contributed by atoms with Crippen LogP contribution in [0, 0.1) is 5.41 Å². The second kappa shape index (κ2) is 6.57. The Kier molecular flexibility index (Phi) is 4.51. The number of aryl methyl sites for hydroxylation is 1. The van der Waals surface area contributed by atoms with Crippen molar-refractivity contribution in [3.05, 3.63) is 51.8 Å². The van der Waals surface area contributed by atoms with E-state index in [1.165, 1.54) is 10.5 Å². The van der Waals surface area contributed by atoms with Crippen LogP contribution in [0.3, 0.4) is 0 Å². The van der Waals surface area contributed by atoms with Gasteiger partial charge in [-0.25, -0.2) is 0 Å². The minimum absolute atomic E-state index is 0.0436. The Morgan fingerprint density at radius 1 is 1.38 bits per heavy atom. The third-order valence-electron chi connectivity index (χ3n) is 5.32. The molecule has 4 rings (SSSR count). The molecule has 0 bridgehead atoms. The highest BCUT2D eigenvalue weighted by Gasteiger charge is 2.43. The standard InChI is InChI=1S/C20H22BrN3OS/c1-20(2)12-24(10-17(20)15-8-22-23(3)9-15)19(25)14-6-13-7-16(21)4-5-18(13)26-11-14/h4-9,17H,10-12H2,1-3H3. The highest BCUT2D eigenvalue weighted by molar-refractivity contribution is 9.10. The maximum atomic E-state index is 13.2. The molecule has 0 N–H and O–H groups in total. The number of carbonyl (C=O) groups is 1. The van der Waals surface area contributed by atoms with Gasteiger partial charge in [0.15, 0.2) is 0 Å². The lowest BCUT2D eigenvalue weighted by molar-refractivity contribution is -0.126. The van der Waals surface area contributed by atoms with Gasteiger partial charge >= 0.3 is 0 Å². The molecule has 0 radical (unpaired) electrons. The summed E-state index contributed by atoms with van der Waals surface area (Å²) >= 11 is 5.27. The summed E-state index contributed by atoms with van der Waals surface area (Å²) in [5.74, 6) is 1.23. The Labute approximate surface area is 166 Å². The molecule has 1 atom stereocenters. The average molecular weight is 432 g/mol. The number of benzene rings is 1. The van der Waals surface area contributed by atoms with Crippen molar-refractivity contribution in [3.8, 4) is 0 Å². The van der Waals surface area contributed by atoms with Gasteiger partial charge in [-0.1, -0.05) is 29.8 Å². The number of thioether (sulfide) groups is 1. The molecule has 1 unspecified atom stereocenters. The minimum Gasteiger partial charge on any atom is -0.338 e. The molecule has 1 amide bonds. The third kappa shape index (κ3) is 3.25. The molecular formula is C20H22BrN3OS. The molecule has 2 aliphatic rings. The van der Waals surface area contributed by atoms with Gasteiger partial charge in [0.1, 0.15) is 0 Å². The minimum atomic E-state index is 0.0436. The van der Waals surface area contributed by atoms with Crippen LogP contribution in [0.15, 0.2) is 45.5 Å². The number of fused-ring (bicyclic) bond motifs is 1. The van der Waals surface area contributed by atoms with E-state index in [-0.39, 0.29) is 11.3 Å². The van der Waals surface area contributed by atoms with Crippen molar-refractivity contribution in [1.29, 1.82) is 0 Å². The number of carbonyl (C=O) groups excluding carboxylic acids is 1. The molecule has 2 aromatic rings. The summed E-state index contributed by atoms with van der Waals surface area (Å²) in [6.45, 7) is 6.02. The van der Waals surface area contributed by atoms with Crippen molar-refractivity contribution in [2.45, 2.75) is 24.7 Å². The molecule has 1 fully saturated rings. The number of hydrogen-bond donors (Lipinski definition) is 0. The molecule has 2 aliphatic heterocycles. The van der Waals surface area contributed by atoms with Crippen LogP contribution in [0.25, 0.3) is 6.08 Å². The quantitative estimate of drug-likeness (QED) is 0.710. The molecule has 0 aliphatic carbocycles. The Hall–Kier alpha value is -1.53. The fraction of sp³-hybridized carbons (Fsp3) is 0.400. The van der Waals surface area contributed by atoms with E-state index in [1.54, 1.807) is 11.8 Å². The molecule has 3 heterocycles. The SMILES string of the molecule is Cn1cc(C2CN(C(=O)C3=Cc4cc(Br)ccc4SC3)CC2(C)C)cn1. The van der Waals surface area contributed by atoms with E-state index in [1.807, 2.05) is 28.9 Å². The molecule has 136 valence electrons. The van der Waals surface area contributed by atoms with E-state index in [4.69, 9.17) is 0 Å². The van der Waals surface area contributed by atoms with Crippen molar-refractivity contribution in [2.75, 3.05) is 18.8 Å². The number of halogens is 1. The molecular weight excluding hydrogens is 410 g/mol. The van der Waals surface area contributed by atoms with Gasteiger partial charge in [-0.15, -0.1) is 11.8 Å². The van der Waals surface area contributed by atoms with Gasteiger partial charge in [-0.05, 0) is 40.8 Å². The first-order valence-corrected chi connectivity index (χ1v) is 10.5. The molecule has 0 spiro atoms. The summed E-state index contributed by atoms with van der Waals surface area (Å²) in [6, 6.07) is 6.24. The summed E-state index contributed by atoms with van der Waals surface area (Å²) < 4.78 is 2.88. The van der Waals surface area contributed by atoms with Crippen molar-refractivity contribution >= 4 is 39.7 Å². The Bertz CT molecular complexity index is 902. The Morgan fingerprint density at radius 3 is 2.92 bits per heavy atom. The number of aromatic nitrogens is 2. The van der Waals surface area contributed by atoms with Crippen molar-refractivity contribution in [1.82, 2.24) is 14.7 Å². The summed E-state index contributed by atoms with van der Waals surface area (Å²) in [7, 11) is 1.94. The third-order valence-corrected chi connectivity index (χ3v) is 6.95. The van der Waals surface area contributed by atoms with E-state index in [2.05, 4.69) is 59.3 Å². The first kappa shape index (κ1) is 17.9. The van der Waals surface area contributed by atoms with Crippen molar-refractivity contribution in [2.24, 2.45) is 12.5 Å². The Morgan fingerprint density at radius 2 is 2.19 bits per heavy atom. The smallest absolute Gasteiger partial charge is 0.250 e. The highest BCUT2D eigenvalue weighted by atomic mass is 79.9. The highest BCUT2D eigenvalue weighted by Crippen LogP contribution is 2.43. The maximum absolute atomic E-state index is 13.2. The predicted octanol–water partition coefficient (Wildman–Crippen LogP) is 4.32. The van der Waals surface area contributed by atoms with Gasteiger partial charge in [0.05, 0.1) is 6.20 Å². The fourth-order valence-corrected chi connectivity index (χ4v) is 5.29. The van der Waals surface area contributed by atoms with Crippen molar-refractivity contribution in [3.63, 3.8) is 0 Å². The number of hydrogen-bond acceptors (Lipinski definition) is 3. The molecule has 0 saturated carbocycles. The zero-order chi connectivity index (χ0) is 18.5. The normalized spacial score (nSPS) is 21.5. The second-order valence-electron chi connectivity index (χ2n) is 7.81. The van der Waals surface area contributed by atoms with Gasteiger partial charge in [-0.3, -0.25) is 9.48 Å². The van der Waals surface area contributed by atoms with E-state index >= 15 is 0 Å². The van der Waals surface area contributed by atoms with E-state index in [0.29, 0.717) is 5.92 Å². The fourth-order valence-electron chi connectivity index (χ4n) is 3.94. The van der Waals surface area contributed by atoms with Gasteiger partial charge < -0.3 is 4.90 Å². The second-order valence-corrected chi connectivity index (χ2v) is 9.75. The number of likely N-dealkylation sites (tertiary alicyclic amines) is 1. The number of rotatable bonds is 2. The van der Waals surface area contributed by atoms with Gasteiger partial charge in [0, 0.05) is 52.9 Å². The number of amides is 1. The lowest BCUT2D eigenvalue weighted by Crippen LogP contribution is -2.32. The monoisotopic (exact) mass is 431 g/mol. The molecule has 26 heavy (non-hydrogen) atoms. The molecule has 1 saturated heterocycles. The summed E-state index contributed by atoms with van der Waals surface area (Å²) in [5, 5.41) is 4.31. The zero-order valence-electron chi connectivity index (χ0n) is 15.2. The first-order valence-electron chi connectivity index (χ1n) is 8.74. The average Bonchev–Trinajstić information content (AvgIpc) is 3.15. The van der Waals surface area contributed by atoms with Gasteiger partial charge in [0.25, 0.3) is 5.91 Å². The molecule has 4 nitrogen and oxygen atoms in total. The van der Waals surface area contributed by atoms with Crippen LogP contribution >= 0.6 is 27.7 Å². The number of nitrogens with zero attached hydrogens (tertiary/aromatic N) is 3. The zero-order valence-corrected chi connectivity index (χ0v) is 17.6. The Balaban J connectivity index is 1.58. The first-order chi connectivity index (χ1) is 12.3. The van der Waals surface area contributed by atoms with E-state index < -0.39 is 0 Å². The lowest BCUT2D eigenvalue weighted by Gasteiger charge is -2.24. The van der Waals surface area contributed by atoms with Crippen LogP contribution in [0.4, 0.5) is 0 Å². The van der Waals surface area contributed by atoms with Crippen LogP contribution in [-0.2, 0) is 11.8 Å². The topological polar surface area (TPSA) is 38.1 Å². The summed E-state index contributed by atoms with van der Waals surface area (Å²) in [5.41, 5.74) is 3.28. The molecule has 1 aromatic heterocycles.